The van der Waals surface area contributed by atoms with Crippen molar-refractivity contribution < 1.29 is 14.6 Å². The number of aromatic hydroxyl groups is 1. The highest BCUT2D eigenvalue weighted by atomic mass is 16.6. The third kappa shape index (κ3) is 6.21. The first-order chi connectivity index (χ1) is 15.3. The van der Waals surface area contributed by atoms with Crippen LogP contribution in [0.3, 0.4) is 0 Å². The predicted molar refractivity (Wildman–Crippen MR) is 132 cm³/mol. The van der Waals surface area contributed by atoms with Crippen molar-refractivity contribution in [3.63, 3.8) is 0 Å². The zero-order valence-corrected chi connectivity index (χ0v) is 19.1. The zero-order valence-electron chi connectivity index (χ0n) is 19.1. The van der Waals surface area contributed by atoms with Gasteiger partial charge in [-0.25, -0.2) is 4.79 Å². The Hall–Kier alpha value is -3.59. The van der Waals surface area contributed by atoms with Crippen molar-refractivity contribution in [1.82, 2.24) is 0 Å². The second-order valence-electron chi connectivity index (χ2n) is 8.61. The lowest BCUT2D eigenvalue weighted by Crippen LogP contribution is -2.22. The molecule has 0 atom stereocenters. The van der Waals surface area contributed by atoms with Crippen LogP contribution in [0.4, 0.5) is 0 Å². The van der Waals surface area contributed by atoms with Gasteiger partial charge in [0.2, 0.25) is 0 Å². The van der Waals surface area contributed by atoms with Gasteiger partial charge in [0.05, 0.1) is 0 Å². The fourth-order valence-corrected chi connectivity index (χ4v) is 3.57. The summed E-state index contributed by atoms with van der Waals surface area (Å²) in [6, 6.07) is 25.8. The molecule has 1 N–H and O–H groups in total. The van der Waals surface area contributed by atoms with E-state index in [1.807, 2.05) is 63.2 Å². The summed E-state index contributed by atoms with van der Waals surface area (Å²) < 4.78 is 5.33. The lowest BCUT2D eigenvalue weighted by atomic mass is 9.88. The lowest BCUT2D eigenvalue weighted by molar-refractivity contribution is -0.148. The largest absolute Gasteiger partial charge is 0.508 e. The van der Waals surface area contributed by atoms with Crippen LogP contribution in [-0.2, 0) is 9.53 Å². The summed E-state index contributed by atoms with van der Waals surface area (Å²) in [5.74, 6) is -0.114. The average molecular weight is 427 g/mol. The molecule has 0 amide bonds. The summed E-state index contributed by atoms with van der Waals surface area (Å²) in [6.07, 6.45) is 4.08. The van der Waals surface area contributed by atoms with E-state index in [2.05, 4.69) is 31.2 Å². The van der Waals surface area contributed by atoms with E-state index in [0.29, 0.717) is 0 Å². The minimum absolute atomic E-state index is 0.244. The number of carbonyl (C=O) groups is 1. The molecule has 0 spiro atoms. The molecule has 0 saturated heterocycles. The van der Waals surface area contributed by atoms with Gasteiger partial charge >= 0.3 is 5.97 Å². The first kappa shape index (κ1) is 23.1. The highest BCUT2D eigenvalue weighted by molar-refractivity contribution is 5.98. The Bertz CT molecular complexity index is 1100. The summed E-state index contributed by atoms with van der Waals surface area (Å²) in [5, 5.41) is 9.77. The van der Waals surface area contributed by atoms with Gasteiger partial charge in [0.15, 0.2) is 0 Å². The van der Waals surface area contributed by atoms with Crippen molar-refractivity contribution in [1.29, 1.82) is 0 Å². The molecule has 0 aliphatic carbocycles. The van der Waals surface area contributed by atoms with E-state index in [4.69, 9.17) is 4.74 Å². The maximum Gasteiger partial charge on any atom is 0.331 e. The van der Waals surface area contributed by atoms with E-state index < -0.39 is 5.60 Å². The van der Waals surface area contributed by atoms with E-state index >= 15 is 0 Å². The number of ether oxygens (including phenoxy) is 1. The third-order valence-electron chi connectivity index (χ3n) is 4.95. The molecular formula is C29H30O3. The topological polar surface area (TPSA) is 46.5 Å². The van der Waals surface area contributed by atoms with Crippen LogP contribution in [0.5, 0.6) is 5.75 Å². The van der Waals surface area contributed by atoms with E-state index in [1.165, 1.54) is 17.2 Å². The maximum atomic E-state index is 12.0. The van der Waals surface area contributed by atoms with Gasteiger partial charge in [-0.3, -0.25) is 0 Å². The normalized spacial score (nSPS) is 12.5. The number of benzene rings is 3. The number of hydrogen-bond donors (Lipinski definition) is 1. The molecular weight excluding hydrogens is 396 g/mol. The quantitative estimate of drug-likeness (QED) is 0.259. The number of carbonyl (C=O) groups excluding carboxylic acids is 1. The third-order valence-corrected chi connectivity index (χ3v) is 4.95. The molecule has 0 saturated carbocycles. The number of rotatable bonds is 6. The summed E-state index contributed by atoms with van der Waals surface area (Å²) >= 11 is 0. The first-order valence-corrected chi connectivity index (χ1v) is 10.9. The van der Waals surface area contributed by atoms with Gasteiger partial charge < -0.3 is 9.84 Å². The molecule has 3 rings (SSSR count). The lowest BCUT2D eigenvalue weighted by Gasteiger charge is -2.18. The highest BCUT2D eigenvalue weighted by Gasteiger charge is 2.15. The van der Waals surface area contributed by atoms with Crippen molar-refractivity contribution in [2.45, 2.75) is 39.7 Å². The Morgan fingerprint density at radius 3 is 1.94 bits per heavy atom. The zero-order chi connectivity index (χ0) is 23.1. The standard InChI is InChI=1S/C29H30O3/c1-5-26(22-9-7-6-8-10-22)28(24-16-18-25(30)19-17-24)23-14-11-21(12-15-23)13-20-27(31)32-29(2,3)4/h6-20,30H,5H2,1-4H3/b20-13+,28-26+. The van der Waals surface area contributed by atoms with Crippen molar-refractivity contribution in [3.8, 4) is 5.75 Å². The van der Waals surface area contributed by atoms with Crippen LogP contribution in [0.15, 0.2) is 84.9 Å². The Kier molecular flexibility index (Phi) is 7.32. The number of phenols is 1. The fraction of sp³-hybridized carbons (Fsp3) is 0.207. The molecule has 164 valence electrons. The summed E-state index contributed by atoms with van der Waals surface area (Å²) in [4.78, 5) is 12.0. The number of allylic oxidation sites excluding steroid dienone is 1. The SMILES string of the molecule is CC/C(=C(\c1ccc(O)cc1)c1ccc(/C=C/C(=O)OC(C)(C)C)cc1)c1ccccc1. The summed E-state index contributed by atoms with van der Waals surface area (Å²) in [7, 11) is 0. The van der Waals surface area contributed by atoms with Crippen LogP contribution in [0.2, 0.25) is 0 Å². The molecule has 0 unspecified atom stereocenters. The van der Waals surface area contributed by atoms with Gasteiger partial charge in [-0.15, -0.1) is 0 Å². The van der Waals surface area contributed by atoms with Crippen molar-refractivity contribution in [2.75, 3.05) is 0 Å². The van der Waals surface area contributed by atoms with Crippen LogP contribution >= 0.6 is 0 Å². The van der Waals surface area contributed by atoms with Crippen LogP contribution < -0.4 is 0 Å². The molecule has 3 heteroatoms. The van der Waals surface area contributed by atoms with Gasteiger partial charge in [0.25, 0.3) is 0 Å². The van der Waals surface area contributed by atoms with Gasteiger partial charge in [-0.1, -0.05) is 73.7 Å². The Balaban J connectivity index is 2.00. The van der Waals surface area contributed by atoms with Crippen LogP contribution in [0.25, 0.3) is 17.2 Å². The molecule has 3 nitrogen and oxygen atoms in total. The molecule has 0 aliphatic heterocycles. The minimum Gasteiger partial charge on any atom is -0.508 e. The van der Waals surface area contributed by atoms with Gasteiger partial charge in [0, 0.05) is 6.08 Å². The minimum atomic E-state index is -0.511. The number of hydrogen-bond acceptors (Lipinski definition) is 3. The average Bonchev–Trinajstić information content (AvgIpc) is 2.77. The van der Waals surface area contributed by atoms with E-state index in [1.54, 1.807) is 18.2 Å². The Morgan fingerprint density at radius 1 is 0.844 bits per heavy atom. The fourth-order valence-electron chi connectivity index (χ4n) is 3.57. The molecule has 0 fully saturated rings. The Morgan fingerprint density at radius 2 is 1.41 bits per heavy atom. The predicted octanol–water partition coefficient (Wildman–Crippen LogP) is 7.12. The van der Waals surface area contributed by atoms with Gasteiger partial charge in [-0.2, -0.15) is 0 Å². The summed E-state index contributed by atoms with van der Waals surface area (Å²) in [5.41, 5.74) is 6.05. The molecule has 0 aromatic heterocycles. The second-order valence-corrected chi connectivity index (χ2v) is 8.61. The smallest absolute Gasteiger partial charge is 0.331 e. The van der Waals surface area contributed by atoms with Crippen LogP contribution in [0.1, 0.15) is 56.4 Å². The van der Waals surface area contributed by atoms with Crippen LogP contribution in [-0.4, -0.2) is 16.7 Å². The number of esters is 1. The highest BCUT2D eigenvalue weighted by Crippen LogP contribution is 2.35. The summed E-state index contributed by atoms with van der Waals surface area (Å²) in [6.45, 7) is 7.70. The monoisotopic (exact) mass is 426 g/mol. The van der Waals surface area contributed by atoms with E-state index in [0.717, 1.165) is 28.7 Å². The van der Waals surface area contributed by atoms with Crippen molar-refractivity contribution >= 4 is 23.2 Å². The van der Waals surface area contributed by atoms with Crippen LogP contribution in [0, 0.1) is 0 Å². The molecule has 32 heavy (non-hydrogen) atoms. The van der Waals surface area contributed by atoms with E-state index in [-0.39, 0.29) is 11.7 Å². The maximum absolute atomic E-state index is 12.0. The van der Waals surface area contributed by atoms with Crippen molar-refractivity contribution in [3.05, 3.63) is 107 Å². The molecule has 0 heterocycles. The Labute approximate surface area is 190 Å². The molecule has 3 aromatic rings. The molecule has 3 aromatic carbocycles. The van der Waals surface area contributed by atoms with Gasteiger partial charge in [-0.05, 0) is 78.8 Å². The molecule has 0 aliphatic rings. The number of phenolic OH excluding ortho intramolecular Hbond substituents is 1. The van der Waals surface area contributed by atoms with E-state index in [9.17, 15) is 9.90 Å². The van der Waals surface area contributed by atoms with Crippen molar-refractivity contribution in [2.24, 2.45) is 0 Å². The van der Waals surface area contributed by atoms with Gasteiger partial charge in [0.1, 0.15) is 11.4 Å². The molecule has 0 radical (unpaired) electrons. The second kappa shape index (κ2) is 10.1. The molecule has 0 bridgehead atoms. The first-order valence-electron chi connectivity index (χ1n) is 10.9.